The van der Waals surface area contributed by atoms with Gasteiger partial charge in [-0.05, 0) is 24.3 Å². The Labute approximate surface area is 114 Å². The Balaban J connectivity index is 0.00000144. The molecular weight excluding hydrogens is 298 g/mol. The van der Waals surface area contributed by atoms with E-state index in [0.717, 1.165) is 0 Å². The number of hydrogen-bond donors (Lipinski definition) is 1. The first-order valence-electron chi connectivity index (χ1n) is 4.92. The molecule has 3 nitrogen and oxygen atoms in total. The molecule has 0 aliphatic heterocycles. The van der Waals surface area contributed by atoms with Crippen molar-refractivity contribution < 1.29 is 31.1 Å². The predicted molar refractivity (Wildman–Crippen MR) is 61.5 cm³/mol. The monoisotopic (exact) mass is 311 g/mol. The summed E-state index contributed by atoms with van der Waals surface area (Å²) in [6, 6.07) is 17.3. The number of benzene rings is 2. The van der Waals surface area contributed by atoms with Crippen molar-refractivity contribution in [2.75, 3.05) is 5.06 Å². The number of hydroxylamine groups is 1. The van der Waals surface area contributed by atoms with Crippen LogP contribution in [0.15, 0.2) is 60.7 Å². The SMILES string of the molecule is O=C(c1ccccc1)N(O)c1ccccc1.[Mo]. The van der Waals surface area contributed by atoms with Crippen molar-refractivity contribution in [3.63, 3.8) is 0 Å². The van der Waals surface area contributed by atoms with Crippen LogP contribution >= 0.6 is 0 Å². The number of nitrogens with zero attached hydrogens (tertiary/aromatic N) is 1. The molecule has 0 aliphatic carbocycles. The zero-order valence-electron chi connectivity index (χ0n) is 8.98. The fourth-order valence-electron chi connectivity index (χ4n) is 1.39. The van der Waals surface area contributed by atoms with E-state index in [-0.39, 0.29) is 21.1 Å². The summed E-state index contributed by atoms with van der Waals surface area (Å²) >= 11 is 0. The van der Waals surface area contributed by atoms with Crippen LogP contribution in [0.4, 0.5) is 5.69 Å². The van der Waals surface area contributed by atoms with Gasteiger partial charge in [0.1, 0.15) is 0 Å². The van der Waals surface area contributed by atoms with Crippen LogP contribution in [0.1, 0.15) is 10.4 Å². The van der Waals surface area contributed by atoms with Gasteiger partial charge in [-0.1, -0.05) is 36.4 Å². The van der Waals surface area contributed by atoms with Gasteiger partial charge in [0.2, 0.25) is 0 Å². The van der Waals surface area contributed by atoms with Crippen molar-refractivity contribution >= 4 is 11.6 Å². The summed E-state index contributed by atoms with van der Waals surface area (Å²) in [6.45, 7) is 0. The Hall–Kier alpha value is -1.44. The number of hydrogen-bond acceptors (Lipinski definition) is 2. The van der Waals surface area contributed by atoms with Crippen LogP contribution in [0.2, 0.25) is 0 Å². The van der Waals surface area contributed by atoms with Gasteiger partial charge >= 0.3 is 0 Å². The summed E-state index contributed by atoms with van der Waals surface area (Å²) in [6.07, 6.45) is 0. The Morgan fingerprint density at radius 2 is 1.35 bits per heavy atom. The van der Waals surface area contributed by atoms with E-state index in [2.05, 4.69) is 0 Å². The molecule has 86 valence electrons. The number of amides is 1. The average Bonchev–Trinajstić information content (AvgIpc) is 2.39. The second-order valence-electron chi connectivity index (χ2n) is 3.32. The van der Waals surface area contributed by atoms with Crippen molar-refractivity contribution in [1.29, 1.82) is 0 Å². The van der Waals surface area contributed by atoms with Crippen LogP contribution < -0.4 is 5.06 Å². The van der Waals surface area contributed by atoms with Gasteiger partial charge in [0.05, 0.1) is 5.69 Å². The Morgan fingerprint density at radius 1 is 0.882 bits per heavy atom. The number of anilines is 1. The maximum Gasteiger partial charge on any atom is 0.281 e. The van der Waals surface area contributed by atoms with Gasteiger partial charge in [0.15, 0.2) is 0 Å². The van der Waals surface area contributed by atoms with Crippen molar-refractivity contribution in [2.45, 2.75) is 0 Å². The quantitative estimate of drug-likeness (QED) is 0.526. The Kier molecular flexibility index (Phi) is 5.07. The van der Waals surface area contributed by atoms with E-state index in [0.29, 0.717) is 16.3 Å². The molecule has 17 heavy (non-hydrogen) atoms. The number of carbonyl (C=O) groups excluding carboxylic acids is 1. The Morgan fingerprint density at radius 3 is 1.88 bits per heavy atom. The molecular formula is C13H11MoNO2. The average molecular weight is 309 g/mol. The Bertz CT molecular complexity index is 473. The molecule has 2 aromatic rings. The standard InChI is InChI=1S/C13H11NO2.Mo/c15-13(11-7-3-1-4-8-11)14(16)12-9-5-2-6-10-12;/h1-10,16H;. The van der Waals surface area contributed by atoms with E-state index in [1.54, 1.807) is 48.5 Å². The molecule has 0 heterocycles. The minimum Gasteiger partial charge on any atom is -0.281 e. The molecule has 2 aromatic carbocycles. The second kappa shape index (κ2) is 6.33. The molecule has 0 fully saturated rings. The third-order valence-electron chi connectivity index (χ3n) is 2.21. The molecule has 1 N–H and O–H groups in total. The van der Waals surface area contributed by atoms with E-state index in [4.69, 9.17) is 0 Å². The summed E-state index contributed by atoms with van der Waals surface area (Å²) in [7, 11) is 0. The van der Waals surface area contributed by atoms with Gasteiger partial charge in [-0.25, -0.2) is 0 Å². The molecule has 0 spiro atoms. The number of para-hydroxylation sites is 1. The maximum absolute atomic E-state index is 11.8. The van der Waals surface area contributed by atoms with Crippen molar-refractivity contribution in [1.82, 2.24) is 0 Å². The van der Waals surface area contributed by atoms with Crippen LogP contribution in [-0.4, -0.2) is 11.1 Å². The molecule has 4 heteroatoms. The fourth-order valence-corrected chi connectivity index (χ4v) is 1.39. The van der Waals surface area contributed by atoms with E-state index < -0.39 is 5.91 Å². The third kappa shape index (κ3) is 3.26. The molecule has 0 saturated heterocycles. The predicted octanol–water partition coefficient (Wildman–Crippen LogP) is 2.72. The summed E-state index contributed by atoms with van der Waals surface area (Å²) < 4.78 is 0. The zero-order valence-corrected chi connectivity index (χ0v) is 11.0. The summed E-state index contributed by atoms with van der Waals surface area (Å²) in [5.74, 6) is -0.438. The minimum atomic E-state index is -0.438. The van der Waals surface area contributed by atoms with Crippen LogP contribution in [0.25, 0.3) is 0 Å². The molecule has 0 saturated carbocycles. The van der Waals surface area contributed by atoms with E-state index in [1.807, 2.05) is 12.1 Å². The topological polar surface area (TPSA) is 40.5 Å². The molecule has 0 atom stereocenters. The van der Waals surface area contributed by atoms with E-state index >= 15 is 0 Å². The van der Waals surface area contributed by atoms with Crippen molar-refractivity contribution in [2.24, 2.45) is 0 Å². The van der Waals surface area contributed by atoms with Gasteiger partial charge in [0.25, 0.3) is 5.91 Å². The van der Waals surface area contributed by atoms with Crippen LogP contribution in [0.5, 0.6) is 0 Å². The van der Waals surface area contributed by atoms with Gasteiger partial charge < -0.3 is 0 Å². The molecule has 0 unspecified atom stereocenters. The maximum atomic E-state index is 11.8. The summed E-state index contributed by atoms with van der Waals surface area (Å²) in [5, 5.41) is 10.4. The van der Waals surface area contributed by atoms with Gasteiger partial charge in [0, 0.05) is 26.6 Å². The zero-order chi connectivity index (χ0) is 11.4. The van der Waals surface area contributed by atoms with E-state index in [1.165, 1.54) is 0 Å². The molecule has 0 aromatic heterocycles. The smallest absolute Gasteiger partial charge is 0.281 e. The number of carbonyl (C=O) groups is 1. The molecule has 2 rings (SSSR count). The van der Waals surface area contributed by atoms with Gasteiger partial charge in [-0.2, -0.15) is 5.06 Å². The second-order valence-corrected chi connectivity index (χ2v) is 3.32. The van der Waals surface area contributed by atoms with Gasteiger partial charge in [-0.3, -0.25) is 10.0 Å². The van der Waals surface area contributed by atoms with Crippen LogP contribution in [-0.2, 0) is 21.1 Å². The number of rotatable bonds is 2. The molecule has 0 bridgehead atoms. The molecule has 0 aliphatic rings. The molecule has 1 amide bonds. The molecule has 0 radical (unpaired) electrons. The first kappa shape index (κ1) is 13.6. The summed E-state index contributed by atoms with van der Waals surface area (Å²) in [4.78, 5) is 11.8. The van der Waals surface area contributed by atoms with Gasteiger partial charge in [-0.15, -0.1) is 0 Å². The van der Waals surface area contributed by atoms with E-state index in [9.17, 15) is 10.0 Å². The first-order chi connectivity index (χ1) is 7.79. The van der Waals surface area contributed by atoms with Crippen LogP contribution in [0, 0.1) is 0 Å². The van der Waals surface area contributed by atoms with Crippen LogP contribution in [0.3, 0.4) is 0 Å². The normalized spacial score (nSPS) is 9.24. The summed E-state index contributed by atoms with van der Waals surface area (Å²) in [5.41, 5.74) is 0.908. The van der Waals surface area contributed by atoms with Crippen molar-refractivity contribution in [3.05, 3.63) is 66.2 Å². The fraction of sp³-hybridized carbons (Fsp3) is 0. The minimum absolute atomic E-state index is 0. The van der Waals surface area contributed by atoms with Crippen molar-refractivity contribution in [3.8, 4) is 0 Å². The third-order valence-corrected chi connectivity index (χ3v) is 2.21. The largest absolute Gasteiger partial charge is 0.281 e. The first-order valence-corrected chi connectivity index (χ1v) is 4.92.